The monoisotopic (exact) mass is 365 g/mol. The maximum atomic E-state index is 12.1. The van der Waals surface area contributed by atoms with Gasteiger partial charge in [-0.15, -0.1) is 0 Å². The van der Waals surface area contributed by atoms with Crippen molar-refractivity contribution in [2.75, 3.05) is 13.2 Å². The van der Waals surface area contributed by atoms with Gasteiger partial charge in [-0.05, 0) is 68.3 Å². The minimum absolute atomic E-state index is 0.174. The number of nitriles is 1. The summed E-state index contributed by atoms with van der Waals surface area (Å²) in [4.78, 5) is 23.8. The summed E-state index contributed by atoms with van der Waals surface area (Å²) in [6, 6.07) is 14.8. The average molecular weight is 365 g/mol. The van der Waals surface area contributed by atoms with E-state index in [4.69, 9.17) is 19.5 Å². The molecule has 1 fully saturated rings. The van der Waals surface area contributed by atoms with E-state index in [2.05, 4.69) is 0 Å². The van der Waals surface area contributed by atoms with Crippen LogP contribution in [0.25, 0.3) is 0 Å². The van der Waals surface area contributed by atoms with Crippen LogP contribution in [-0.2, 0) is 9.53 Å². The summed E-state index contributed by atoms with van der Waals surface area (Å²) >= 11 is 0. The van der Waals surface area contributed by atoms with Gasteiger partial charge in [0.15, 0.2) is 0 Å². The van der Waals surface area contributed by atoms with E-state index in [0.717, 1.165) is 12.8 Å². The predicted molar refractivity (Wildman–Crippen MR) is 96.4 cm³/mol. The van der Waals surface area contributed by atoms with Crippen molar-refractivity contribution in [2.45, 2.75) is 19.8 Å². The molecule has 1 aliphatic carbocycles. The third-order valence-electron chi connectivity index (χ3n) is 4.36. The Labute approximate surface area is 157 Å². The number of nitrogens with zero attached hydrogens (tertiary/aromatic N) is 1. The van der Waals surface area contributed by atoms with Crippen LogP contribution in [0.3, 0.4) is 0 Å². The Kier molecular flexibility index (Phi) is 5.41. The highest BCUT2D eigenvalue weighted by Crippen LogP contribution is 2.45. The first-order valence-corrected chi connectivity index (χ1v) is 8.63. The van der Waals surface area contributed by atoms with Gasteiger partial charge in [-0.25, -0.2) is 4.79 Å². The van der Waals surface area contributed by atoms with Crippen molar-refractivity contribution in [2.24, 2.45) is 5.41 Å². The Morgan fingerprint density at radius 1 is 1.00 bits per heavy atom. The average Bonchev–Trinajstić information content (AvgIpc) is 3.45. The minimum Gasteiger partial charge on any atom is -0.490 e. The third-order valence-corrected chi connectivity index (χ3v) is 4.36. The predicted octanol–water partition coefficient (Wildman–Crippen LogP) is 3.50. The zero-order valence-electron chi connectivity index (χ0n) is 14.9. The van der Waals surface area contributed by atoms with Crippen molar-refractivity contribution < 1.29 is 23.8 Å². The minimum atomic E-state index is -0.502. The maximum Gasteiger partial charge on any atom is 0.343 e. The summed E-state index contributed by atoms with van der Waals surface area (Å²) in [7, 11) is 0. The van der Waals surface area contributed by atoms with Gasteiger partial charge < -0.3 is 14.2 Å². The van der Waals surface area contributed by atoms with Crippen molar-refractivity contribution in [3.8, 4) is 17.6 Å². The van der Waals surface area contributed by atoms with Gasteiger partial charge in [-0.3, -0.25) is 4.79 Å². The molecule has 0 amide bonds. The lowest BCUT2D eigenvalue weighted by Crippen LogP contribution is -2.19. The first-order chi connectivity index (χ1) is 13.0. The van der Waals surface area contributed by atoms with Crippen molar-refractivity contribution in [3.05, 3.63) is 59.7 Å². The Balaban J connectivity index is 1.45. The number of esters is 2. The second-order valence-electron chi connectivity index (χ2n) is 6.60. The quantitative estimate of drug-likeness (QED) is 0.424. The molecule has 2 aromatic rings. The highest BCUT2D eigenvalue weighted by molar-refractivity contribution is 5.91. The van der Waals surface area contributed by atoms with Crippen LogP contribution < -0.4 is 9.47 Å². The largest absolute Gasteiger partial charge is 0.490 e. The van der Waals surface area contributed by atoms with E-state index >= 15 is 0 Å². The summed E-state index contributed by atoms with van der Waals surface area (Å²) in [5.41, 5.74) is 0.574. The molecule has 2 aromatic carbocycles. The fourth-order valence-corrected chi connectivity index (χ4v) is 2.31. The van der Waals surface area contributed by atoms with Crippen LogP contribution in [0.1, 0.15) is 35.7 Å². The van der Waals surface area contributed by atoms with Gasteiger partial charge >= 0.3 is 11.9 Å². The molecule has 6 heteroatoms. The molecule has 0 aromatic heterocycles. The molecule has 0 unspecified atom stereocenters. The second-order valence-corrected chi connectivity index (χ2v) is 6.60. The topological polar surface area (TPSA) is 85.6 Å². The van der Waals surface area contributed by atoms with Crippen LogP contribution in [0, 0.1) is 16.7 Å². The highest BCUT2D eigenvalue weighted by atomic mass is 16.6. The summed E-state index contributed by atoms with van der Waals surface area (Å²) in [6.45, 7) is 2.33. The third kappa shape index (κ3) is 4.85. The van der Waals surface area contributed by atoms with E-state index in [1.807, 2.05) is 13.0 Å². The smallest absolute Gasteiger partial charge is 0.343 e. The Bertz CT molecular complexity index is 861. The number of rotatable bonds is 7. The molecule has 0 spiro atoms. The normalized spacial score (nSPS) is 13.9. The number of carbonyl (C=O) groups excluding carboxylic acids is 2. The van der Waals surface area contributed by atoms with Crippen molar-refractivity contribution >= 4 is 11.9 Å². The van der Waals surface area contributed by atoms with Gasteiger partial charge in [0, 0.05) is 0 Å². The number of ether oxygens (including phenoxy) is 3. The van der Waals surface area contributed by atoms with Gasteiger partial charge in [0.1, 0.15) is 24.7 Å². The zero-order valence-corrected chi connectivity index (χ0v) is 14.9. The van der Waals surface area contributed by atoms with Gasteiger partial charge in [-0.1, -0.05) is 0 Å². The number of carbonyl (C=O) groups is 2. The Morgan fingerprint density at radius 2 is 1.63 bits per heavy atom. The molecule has 1 aliphatic rings. The van der Waals surface area contributed by atoms with Gasteiger partial charge in [0.25, 0.3) is 0 Å². The highest BCUT2D eigenvalue weighted by Gasteiger charge is 2.46. The second kappa shape index (κ2) is 7.92. The van der Waals surface area contributed by atoms with Crippen molar-refractivity contribution in [3.63, 3.8) is 0 Å². The molecule has 0 saturated heterocycles. The van der Waals surface area contributed by atoms with Crippen LogP contribution in [0.2, 0.25) is 0 Å². The standard InChI is InChI=1S/C21H19NO5/c1-21(10-11-21)20(24)26-13-12-25-17-8-4-16(5-9-17)19(23)27-18-6-2-15(14-22)3-7-18/h2-9H,10-13H2,1H3. The van der Waals surface area contributed by atoms with Crippen LogP contribution in [0.4, 0.5) is 0 Å². The Morgan fingerprint density at radius 3 is 2.22 bits per heavy atom. The van der Waals surface area contributed by atoms with E-state index < -0.39 is 5.97 Å². The summed E-state index contributed by atoms with van der Waals surface area (Å²) < 4.78 is 15.9. The van der Waals surface area contributed by atoms with Gasteiger partial charge in [0.2, 0.25) is 0 Å². The molecule has 0 radical (unpaired) electrons. The summed E-state index contributed by atoms with van der Waals surface area (Å²) in [5.74, 6) is 0.258. The molecular formula is C21H19NO5. The number of benzene rings is 2. The molecule has 27 heavy (non-hydrogen) atoms. The fraction of sp³-hybridized carbons (Fsp3) is 0.286. The zero-order chi connectivity index (χ0) is 19.3. The maximum absolute atomic E-state index is 12.1. The number of hydrogen-bond donors (Lipinski definition) is 0. The first kappa shape index (κ1) is 18.5. The first-order valence-electron chi connectivity index (χ1n) is 8.63. The van der Waals surface area contributed by atoms with Crippen LogP contribution in [0.5, 0.6) is 11.5 Å². The SMILES string of the molecule is CC1(C(=O)OCCOc2ccc(C(=O)Oc3ccc(C#N)cc3)cc2)CC1. The number of hydrogen-bond acceptors (Lipinski definition) is 6. The lowest BCUT2D eigenvalue weighted by atomic mass is 10.1. The van der Waals surface area contributed by atoms with Crippen molar-refractivity contribution in [1.82, 2.24) is 0 Å². The molecule has 0 N–H and O–H groups in total. The van der Waals surface area contributed by atoms with E-state index in [1.165, 1.54) is 0 Å². The summed E-state index contributed by atoms with van der Waals surface area (Å²) in [5, 5.41) is 8.76. The molecule has 3 rings (SSSR count). The molecule has 0 aliphatic heterocycles. The lowest BCUT2D eigenvalue weighted by molar-refractivity contribution is -0.150. The lowest BCUT2D eigenvalue weighted by Gasteiger charge is -2.10. The van der Waals surface area contributed by atoms with E-state index in [1.54, 1.807) is 48.5 Å². The van der Waals surface area contributed by atoms with E-state index in [0.29, 0.717) is 22.6 Å². The van der Waals surface area contributed by atoms with Gasteiger partial charge in [-0.2, -0.15) is 5.26 Å². The molecule has 0 atom stereocenters. The molecule has 0 heterocycles. The van der Waals surface area contributed by atoms with Crippen molar-refractivity contribution in [1.29, 1.82) is 5.26 Å². The summed E-state index contributed by atoms with van der Waals surface area (Å²) in [6.07, 6.45) is 1.76. The fourth-order valence-electron chi connectivity index (χ4n) is 2.31. The molecular weight excluding hydrogens is 346 g/mol. The van der Waals surface area contributed by atoms with Gasteiger partial charge in [0.05, 0.1) is 22.6 Å². The Hall–Kier alpha value is -3.33. The van der Waals surface area contributed by atoms with E-state index in [-0.39, 0.29) is 24.6 Å². The molecule has 138 valence electrons. The van der Waals surface area contributed by atoms with Crippen LogP contribution in [-0.4, -0.2) is 25.2 Å². The van der Waals surface area contributed by atoms with Crippen LogP contribution in [0.15, 0.2) is 48.5 Å². The molecule has 1 saturated carbocycles. The van der Waals surface area contributed by atoms with E-state index in [9.17, 15) is 9.59 Å². The van der Waals surface area contributed by atoms with Crippen LogP contribution >= 0.6 is 0 Å². The molecule has 0 bridgehead atoms. The molecule has 6 nitrogen and oxygen atoms in total.